The normalized spacial score (nSPS) is 10.4. The summed E-state index contributed by atoms with van der Waals surface area (Å²) < 4.78 is 6.14. The summed E-state index contributed by atoms with van der Waals surface area (Å²) in [7, 11) is 0. The molecule has 0 radical (unpaired) electrons. The fourth-order valence-electron chi connectivity index (χ4n) is 2.26. The molecule has 108 valence electrons. The second-order valence-corrected chi connectivity index (χ2v) is 5.63. The summed E-state index contributed by atoms with van der Waals surface area (Å²) >= 11 is 3.28. The second kappa shape index (κ2) is 6.12. The van der Waals surface area contributed by atoms with Gasteiger partial charge in [0.1, 0.15) is 5.75 Å². The lowest BCUT2D eigenvalue weighted by molar-refractivity contribution is 0.0735. The van der Waals surface area contributed by atoms with Crippen molar-refractivity contribution in [3.8, 4) is 5.75 Å². The van der Waals surface area contributed by atoms with Gasteiger partial charge in [0.15, 0.2) is 6.29 Å². The van der Waals surface area contributed by atoms with Crippen LogP contribution in [0, 0.1) is 0 Å². The molecule has 0 aromatic heterocycles. The maximum atomic E-state index is 12.4. The minimum absolute atomic E-state index is 0.246. The number of hydrogen-bond acceptors (Lipinski definition) is 3. The van der Waals surface area contributed by atoms with Crippen LogP contribution in [0.5, 0.6) is 5.75 Å². The zero-order valence-electron chi connectivity index (χ0n) is 11.5. The average Bonchev–Trinajstić information content (AvgIpc) is 2.55. The van der Waals surface area contributed by atoms with Crippen LogP contribution in [0.3, 0.4) is 0 Å². The fourth-order valence-corrected chi connectivity index (χ4v) is 2.64. The molecule has 0 saturated heterocycles. The first-order valence-corrected chi connectivity index (χ1v) is 7.43. The van der Waals surface area contributed by atoms with Crippen LogP contribution in [0.25, 0.3) is 10.8 Å². The van der Waals surface area contributed by atoms with Gasteiger partial charge >= 0.3 is 5.97 Å². The predicted molar refractivity (Wildman–Crippen MR) is 88.4 cm³/mol. The molecule has 0 saturated carbocycles. The average molecular weight is 355 g/mol. The van der Waals surface area contributed by atoms with Crippen molar-refractivity contribution in [2.45, 2.75) is 0 Å². The Morgan fingerprint density at radius 3 is 2.59 bits per heavy atom. The molecule has 0 unspecified atom stereocenters. The number of hydrogen-bond donors (Lipinski definition) is 0. The van der Waals surface area contributed by atoms with Crippen LogP contribution >= 0.6 is 15.9 Å². The Balaban J connectivity index is 1.99. The lowest BCUT2D eigenvalue weighted by Crippen LogP contribution is -2.10. The Bertz CT molecular complexity index is 866. The van der Waals surface area contributed by atoms with Crippen LogP contribution in [0.1, 0.15) is 20.7 Å². The van der Waals surface area contributed by atoms with Crippen molar-refractivity contribution in [2.24, 2.45) is 0 Å². The number of halogens is 1. The standard InChI is InChI=1S/C18H11BrO3/c19-14-8-9-17(13(10-14)11-20)22-18(21)16-7-3-5-12-4-1-2-6-15(12)16/h1-11H. The van der Waals surface area contributed by atoms with Gasteiger partial charge in [-0.1, -0.05) is 52.3 Å². The Hall–Kier alpha value is -2.46. The Kier molecular flexibility index (Phi) is 4.02. The maximum absolute atomic E-state index is 12.4. The van der Waals surface area contributed by atoms with E-state index in [1.165, 1.54) is 0 Å². The van der Waals surface area contributed by atoms with E-state index < -0.39 is 5.97 Å². The molecule has 0 bridgehead atoms. The Labute approximate surface area is 135 Å². The topological polar surface area (TPSA) is 43.4 Å². The van der Waals surface area contributed by atoms with E-state index in [0.717, 1.165) is 15.2 Å². The van der Waals surface area contributed by atoms with Crippen molar-refractivity contribution in [1.82, 2.24) is 0 Å². The molecular weight excluding hydrogens is 344 g/mol. The van der Waals surface area contributed by atoms with Crippen LogP contribution in [0.4, 0.5) is 0 Å². The lowest BCUT2D eigenvalue weighted by atomic mass is 10.0. The van der Waals surface area contributed by atoms with E-state index >= 15 is 0 Å². The molecule has 0 spiro atoms. The molecule has 0 fully saturated rings. The first-order valence-electron chi connectivity index (χ1n) is 6.64. The van der Waals surface area contributed by atoms with E-state index in [9.17, 15) is 9.59 Å². The van der Waals surface area contributed by atoms with Crippen LogP contribution in [0.2, 0.25) is 0 Å². The third-order valence-corrected chi connectivity index (χ3v) is 3.80. The van der Waals surface area contributed by atoms with Gasteiger partial charge in [0, 0.05) is 4.47 Å². The van der Waals surface area contributed by atoms with E-state index in [0.29, 0.717) is 17.4 Å². The minimum Gasteiger partial charge on any atom is -0.422 e. The highest BCUT2D eigenvalue weighted by Gasteiger charge is 2.14. The quantitative estimate of drug-likeness (QED) is 0.391. The van der Waals surface area contributed by atoms with Crippen molar-refractivity contribution < 1.29 is 14.3 Å². The first kappa shape index (κ1) is 14.5. The van der Waals surface area contributed by atoms with Crippen LogP contribution < -0.4 is 4.74 Å². The van der Waals surface area contributed by atoms with Gasteiger partial charge in [-0.05, 0) is 35.0 Å². The third-order valence-electron chi connectivity index (χ3n) is 3.31. The van der Waals surface area contributed by atoms with E-state index in [-0.39, 0.29) is 5.75 Å². The van der Waals surface area contributed by atoms with Gasteiger partial charge in [-0.25, -0.2) is 4.79 Å². The minimum atomic E-state index is -0.484. The van der Waals surface area contributed by atoms with E-state index in [1.54, 1.807) is 30.3 Å². The number of benzene rings is 3. The molecule has 0 N–H and O–H groups in total. The molecule has 0 amide bonds. The number of fused-ring (bicyclic) bond motifs is 1. The fraction of sp³-hybridized carbons (Fsp3) is 0. The second-order valence-electron chi connectivity index (χ2n) is 4.72. The molecule has 0 heterocycles. The molecule has 3 aromatic carbocycles. The van der Waals surface area contributed by atoms with Gasteiger partial charge in [-0.15, -0.1) is 0 Å². The first-order chi connectivity index (χ1) is 10.7. The predicted octanol–water partition coefficient (Wildman–Crippen LogP) is 4.63. The van der Waals surface area contributed by atoms with Crippen LogP contribution in [0.15, 0.2) is 65.1 Å². The SMILES string of the molecule is O=Cc1cc(Br)ccc1OC(=O)c1cccc2ccccc12. The molecule has 0 atom stereocenters. The Morgan fingerprint density at radius 2 is 1.77 bits per heavy atom. The highest BCUT2D eigenvalue weighted by molar-refractivity contribution is 9.10. The Morgan fingerprint density at radius 1 is 1.00 bits per heavy atom. The smallest absolute Gasteiger partial charge is 0.344 e. The lowest BCUT2D eigenvalue weighted by Gasteiger charge is -2.09. The van der Waals surface area contributed by atoms with Crippen molar-refractivity contribution in [3.05, 3.63) is 76.3 Å². The van der Waals surface area contributed by atoms with Crippen molar-refractivity contribution in [1.29, 1.82) is 0 Å². The van der Waals surface area contributed by atoms with Gasteiger partial charge < -0.3 is 4.74 Å². The summed E-state index contributed by atoms with van der Waals surface area (Å²) in [6.07, 6.45) is 0.663. The van der Waals surface area contributed by atoms with E-state index in [1.807, 2.05) is 30.3 Å². The molecule has 0 aliphatic rings. The van der Waals surface area contributed by atoms with Gasteiger partial charge in [0.05, 0.1) is 11.1 Å². The van der Waals surface area contributed by atoms with Crippen molar-refractivity contribution in [2.75, 3.05) is 0 Å². The van der Waals surface area contributed by atoms with Gasteiger partial charge in [0.2, 0.25) is 0 Å². The van der Waals surface area contributed by atoms with Crippen molar-refractivity contribution >= 4 is 39.0 Å². The van der Waals surface area contributed by atoms with E-state index in [2.05, 4.69) is 15.9 Å². The largest absolute Gasteiger partial charge is 0.422 e. The summed E-state index contributed by atoms with van der Waals surface area (Å²) in [5.41, 5.74) is 0.792. The molecule has 3 aromatic rings. The third kappa shape index (κ3) is 2.78. The van der Waals surface area contributed by atoms with Gasteiger partial charge in [0.25, 0.3) is 0 Å². The molecule has 22 heavy (non-hydrogen) atoms. The number of rotatable bonds is 3. The summed E-state index contributed by atoms with van der Waals surface area (Å²) in [4.78, 5) is 23.5. The zero-order chi connectivity index (χ0) is 15.5. The molecule has 4 heteroatoms. The van der Waals surface area contributed by atoms with Gasteiger partial charge in [-0.3, -0.25) is 4.79 Å². The highest BCUT2D eigenvalue weighted by Crippen LogP contribution is 2.24. The number of aldehydes is 1. The van der Waals surface area contributed by atoms with E-state index in [4.69, 9.17) is 4.74 Å². The maximum Gasteiger partial charge on any atom is 0.344 e. The van der Waals surface area contributed by atoms with Gasteiger partial charge in [-0.2, -0.15) is 0 Å². The van der Waals surface area contributed by atoms with Crippen LogP contribution in [-0.2, 0) is 0 Å². The number of carbonyl (C=O) groups excluding carboxylic acids is 2. The highest BCUT2D eigenvalue weighted by atomic mass is 79.9. The number of carbonyl (C=O) groups is 2. The molecule has 0 aliphatic heterocycles. The zero-order valence-corrected chi connectivity index (χ0v) is 13.0. The molecule has 3 nitrogen and oxygen atoms in total. The number of ether oxygens (including phenoxy) is 1. The molecule has 3 rings (SSSR count). The van der Waals surface area contributed by atoms with Crippen LogP contribution in [-0.4, -0.2) is 12.3 Å². The van der Waals surface area contributed by atoms with Crippen molar-refractivity contribution in [3.63, 3.8) is 0 Å². The summed E-state index contributed by atoms with van der Waals surface area (Å²) in [6.45, 7) is 0. The molecule has 0 aliphatic carbocycles. The molecular formula is C18H11BrO3. The number of esters is 1. The monoisotopic (exact) mass is 354 g/mol. The summed E-state index contributed by atoms with van der Waals surface area (Å²) in [5.74, 6) is -0.238. The summed E-state index contributed by atoms with van der Waals surface area (Å²) in [6, 6.07) is 18.0. The summed E-state index contributed by atoms with van der Waals surface area (Å²) in [5, 5.41) is 1.78.